The van der Waals surface area contributed by atoms with Crippen molar-refractivity contribution in [2.24, 2.45) is 0 Å². The number of hydrogen-bond acceptors (Lipinski definition) is 4. The first-order valence-corrected chi connectivity index (χ1v) is 8.54. The van der Waals surface area contributed by atoms with Gasteiger partial charge >= 0.3 is 0 Å². The van der Waals surface area contributed by atoms with E-state index in [1.807, 2.05) is 12.1 Å². The molecule has 1 heterocycles. The topological polar surface area (TPSA) is 30.5 Å². The SMILES string of the molecule is CCNC(Cc1ccc(OC)c(OC)c1)c1sccc1Br. The molecule has 0 bridgehead atoms. The van der Waals surface area contributed by atoms with Crippen LogP contribution in [0.2, 0.25) is 0 Å². The highest BCUT2D eigenvalue weighted by Gasteiger charge is 2.16. The van der Waals surface area contributed by atoms with Crippen molar-refractivity contribution in [3.8, 4) is 11.5 Å². The van der Waals surface area contributed by atoms with E-state index in [1.165, 1.54) is 14.9 Å². The van der Waals surface area contributed by atoms with Gasteiger partial charge in [-0.25, -0.2) is 0 Å². The molecule has 0 aliphatic carbocycles. The quantitative estimate of drug-likeness (QED) is 0.783. The van der Waals surface area contributed by atoms with Crippen LogP contribution in [0.1, 0.15) is 23.4 Å². The second-order valence-corrected chi connectivity index (χ2v) is 6.44. The molecule has 0 spiro atoms. The van der Waals surface area contributed by atoms with Gasteiger partial charge in [-0.3, -0.25) is 0 Å². The van der Waals surface area contributed by atoms with Crippen LogP contribution in [-0.2, 0) is 6.42 Å². The lowest BCUT2D eigenvalue weighted by atomic mass is 10.0. The molecule has 1 aromatic carbocycles. The fraction of sp³-hybridized carbons (Fsp3) is 0.375. The first-order valence-electron chi connectivity index (χ1n) is 6.86. The molecule has 1 aromatic heterocycles. The molecule has 21 heavy (non-hydrogen) atoms. The Bertz CT molecular complexity index is 585. The van der Waals surface area contributed by atoms with Crippen LogP contribution in [0.25, 0.3) is 0 Å². The van der Waals surface area contributed by atoms with E-state index in [0.717, 1.165) is 24.5 Å². The lowest BCUT2D eigenvalue weighted by molar-refractivity contribution is 0.354. The zero-order valence-corrected chi connectivity index (χ0v) is 14.9. The Kier molecular flexibility index (Phi) is 6.08. The number of likely N-dealkylation sites (N-methyl/N-ethyl adjacent to an activating group) is 1. The maximum Gasteiger partial charge on any atom is 0.160 e. The number of methoxy groups -OCH3 is 2. The van der Waals surface area contributed by atoms with Gasteiger partial charge in [0.2, 0.25) is 0 Å². The molecule has 0 radical (unpaired) electrons. The molecule has 5 heteroatoms. The van der Waals surface area contributed by atoms with Gasteiger partial charge in [0.05, 0.1) is 14.2 Å². The van der Waals surface area contributed by atoms with Crippen LogP contribution in [0.3, 0.4) is 0 Å². The Morgan fingerprint density at radius 1 is 1.19 bits per heavy atom. The van der Waals surface area contributed by atoms with Crippen molar-refractivity contribution in [3.05, 3.63) is 44.6 Å². The summed E-state index contributed by atoms with van der Waals surface area (Å²) < 4.78 is 11.8. The maximum atomic E-state index is 5.38. The average Bonchev–Trinajstić information content (AvgIpc) is 2.92. The third kappa shape index (κ3) is 3.99. The summed E-state index contributed by atoms with van der Waals surface area (Å²) in [6.07, 6.45) is 0.910. The van der Waals surface area contributed by atoms with Crippen molar-refractivity contribution in [2.45, 2.75) is 19.4 Å². The highest BCUT2D eigenvalue weighted by atomic mass is 79.9. The molecule has 1 N–H and O–H groups in total. The van der Waals surface area contributed by atoms with E-state index in [9.17, 15) is 0 Å². The van der Waals surface area contributed by atoms with Crippen molar-refractivity contribution in [3.63, 3.8) is 0 Å². The normalized spacial score (nSPS) is 12.2. The summed E-state index contributed by atoms with van der Waals surface area (Å²) >= 11 is 5.40. The summed E-state index contributed by atoms with van der Waals surface area (Å²) in [7, 11) is 3.32. The van der Waals surface area contributed by atoms with Crippen LogP contribution in [-0.4, -0.2) is 20.8 Å². The molecule has 0 fully saturated rings. The van der Waals surface area contributed by atoms with Crippen LogP contribution in [0, 0.1) is 0 Å². The van der Waals surface area contributed by atoms with Gasteiger partial charge in [-0.1, -0.05) is 13.0 Å². The van der Waals surface area contributed by atoms with Crippen LogP contribution >= 0.6 is 27.3 Å². The zero-order valence-electron chi connectivity index (χ0n) is 12.5. The molecule has 3 nitrogen and oxygen atoms in total. The first kappa shape index (κ1) is 16.3. The molecule has 1 unspecified atom stereocenters. The van der Waals surface area contributed by atoms with E-state index in [0.29, 0.717) is 6.04 Å². The number of halogens is 1. The summed E-state index contributed by atoms with van der Waals surface area (Å²) in [5.41, 5.74) is 1.22. The van der Waals surface area contributed by atoms with Gasteiger partial charge < -0.3 is 14.8 Å². The van der Waals surface area contributed by atoms with Crippen LogP contribution in [0.5, 0.6) is 11.5 Å². The lowest BCUT2D eigenvalue weighted by Gasteiger charge is -2.18. The Morgan fingerprint density at radius 3 is 2.52 bits per heavy atom. The summed E-state index contributed by atoms with van der Waals surface area (Å²) in [5, 5.41) is 5.66. The molecule has 0 aliphatic rings. The zero-order chi connectivity index (χ0) is 15.2. The molecule has 0 aliphatic heterocycles. The number of hydrogen-bond donors (Lipinski definition) is 1. The Balaban J connectivity index is 2.23. The number of thiophene rings is 1. The van der Waals surface area contributed by atoms with Crippen molar-refractivity contribution in [2.75, 3.05) is 20.8 Å². The molecule has 2 aromatic rings. The molecular weight excluding hydrogens is 350 g/mol. The highest BCUT2D eigenvalue weighted by Crippen LogP contribution is 2.33. The largest absolute Gasteiger partial charge is 0.493 e. The van der Waals surface area contributed by atoms with Crippen LogP contribution in [0.15, 0.2) is 34.1 Å². The van der Waals surface area contributed by atoms with E-state index in [4.69, 9.17) is 9.47 Å². The molecule has 114 valence electrons. The summed E-state index contributed by atoms with van der Waals surface area (Å²) in [6, 6.07) is 8.49. The highest BCUT2D eigenvalue weighted by molar-refractivity contribution is 9.10. The summed E-state index contributed by atoms with van der Waals surface area (Å²) in [6.45, 7) is 3.06. The van der Waals surface area contributed by atoms with Crippen LogP contribution in [0.4, 0.5) is 0 Å². The van der Waals surface area contributed by atoms with Gasteiger partial charge in [0.25, 0.3) is 0 Å². The van der Waals surface area contributed by atoms with E-state index in [-0.39, 0.29) is 0 Å². The van der Waals surface area contributed by atoms with E-state index >= 15 is 0 Å². The molecule has 0 saturated heterocycles. The second-order valence-electron chi connectivity index (χ2n) is 4.64. The third-order valence-corrected chi connectivity index (χ3v) is 5.28. The minimum atomic E-state index is 0.294. The summed E-state index contributed by atoms with van der Waals surface area (Å²) in [4.78, 5) is 1.33. The van der Waals surface area contributed by atoms with E-state index < -0.39 is 0 Å². The van der Waals surface area contributed by atoms with Gasteiger partial charge in [-0.15, -0.1) is 11.3 Å². The lowest BCUT2D eigenvalue weighted by Crippen LogP contribution is -2.22. The van der Waals surface area contributed by atoms with Crippen molar-refractivity contribution in [1.29, 1.82) is 0 Å². The Morgan fingerprint density at radius 2 is 1.95 bits per heavy atom. The van der Waals surface area contributed by atoms with Crippen LogP contribution < -0.4 is 14.8 Å². The summed E-state index contributed by atoms with van der Waals surface area (Å²) in [5.74, 6) is 1.54. The Labute approximate surface area is 138 Å². The average molecular weight is 370 g/mol. The van der Waals surface area contributed by atoms with E-state index in [1.54, 1.807) is 25.6 Å². The molecule has 2 rings (SSSR count). The number of ether oxygens (including phenoxy) is 2. The first-order chi connectivity index (χ1) is 10.2. The van der Waals surface area contributed by atoms with Crippen molar-refractivity contribution < 1.29 is 9.47 Å². The fourth-order valence-corrected chi connectivity index (χ4v) is 4.03. The predicted molar refractivity (Wildman–Crippen MR) is 91.7 cm³/mol. The van der Waals surface area contributed by atoms with Gasteiger partial charge in [0.15, 0.2) is 11.5 Å². The standard InChI is InChI=1S/C16H20BrNO2S/c1-4-18-13(16-12(17)7-8-21-16)9-11-5-6-14(19-2)15(10-11)20-3/h5-8,10,13,18H,4,9H2,1-3H3. The van der Waals surface area contributed by atoms with Gasteiger partial charge in [-0.05, 0) is 58.0 Å². The Hall–Kier alpha value is -1.04. The number of benzene rings is 1. The van der Waals surface area contributed by atoms with Crippen molar-refractivity contribution in [1.82, 2.24) is 5.32 Å². The van der Waals surface area contributed by atoms with E-state index in [2.05, 4.69) is 45.7 Å². The monoisotopic (exact) mass is 369 g/mol. The molecule has 0 saturated carbocycles. The molecular formula is C16H20BrNO2S. The van der Waals surface area contributed by atoms with Gasteiger partial charge in [0.1, 0.15) is 0 Å². The second kappa shape index (κ2) is 7.82. The maximum absolute atomic E-state index is 5.38. The molecule has 0 amide bonds. The smallest absolute Gasteiger partial charge is 0.160 e. The number of nitrogens with one attached hydrogen (secondary N) is 1. The van der Waals surface area contributed by atoms with Gasteiger partial charge in [0, 0.05) is 15.4 Å². The third-order valence-electron chi connectivity index (χ3n) is 3.30. The van der Waals surface area contributed by atoms with Gasteiger partial charge in [-0.2, -0.15) is 0 Å². The molecule has 1 atom stereocenters. The fourth-order valence-electron chi connectivity index (χ4n) is 2.30. The predicted octanol–water partition coefficient (Wildman–Crippen LogP) is 4.42. The van der Waals surface area contributed by atoms with Crippen molar-refractivity contribution >= 4 is 27.3 Å². The minimum absolute atomic E-state index is 0.294. The number of rotatable bonds is 7. The minimum Gasteiger partial charge on any atom is -0.493 e.